The number of carbonyl (C=O) groups is 1. The van der Waals surface area contributed by atoms with Crippen molar-refractivity contribution in [2.75, 3.05) is 52.1 Å². The van der Waals surface area contributed by atoms with E-state index in [1.165, 1.54) is 17.0 Å². The highest BCUT2D eigenvalue weighted by Crippen LogP contribution is 2.31. The van der Waals surface area contributed by atoms with Crippen molar-refractivity contribution in [3.05, 3.63) is 58.9 Å². The predicted octanol–water partition coefficient (Wildman–Crippen LogP) is 2.49. The van der Waals surface area contributed by atoms with Crippen molar-refractivity contribution in [2.45, 2.75) is 12.5 Å². The van der Waals surface area contributed by atoms with Gasteiger partial charge >= 0.3 is 0 Å². The van der Waals surface area contributed by atoms with Crippen LogP contribution in [0, 0.1) is 24.4 Å². The van der Waals surface area contributed by atoms with E-state index in [-0.39, 0.29) is 24.3 Å². The van der Waals surface area contributed by atoms with Gasteiger partial charge in [-0.2, -0.15) is 0 Å². The molecule has 1 aliphatic heterocycles. The second kappa shape index (κ2) is 9.25. The number of halogens is 3. The fourth-order valence-corrected chi connectivity index (χ4v) is 3.42. The van der Waals surface area contributed by atoms with E-state index in [1.807, 2.05) is 19.0 Å². The summed E-state index contributed by atoms with van der Waals surface area (Å²) in [6, 6.07) is 6.27. The Morgan fingerprint density at radius 2 is 1.87 bits per heavy atom. The van der Waals surface area contributed by atoms with E-state index in [1.54, 1.807) is 13.0 Å². The largest absolute Gasteiger partial charge is 0.385 e. The lowest BCUT2D eigenvalue weighted by molar-refractivity contribution is -0.0785. The average Bonchev–Trinajstić information content (AvgIpc) is 2.68. The van der Waals surface area contributed by atoms with Crippen LogP contribution in [0.3, 0.4) is 0 Å². The fourth-order valence-electron chi connectivity index (χ4n) is 3.42. The van der Waals surface area contributed by atoms with E-state index in [4.69, 9.17) is 0 Å². The summed E-state index contributed by atoms with van der Waals surface area (Å²) in [6.45, 7) is 3.60. The second-order valence-electron chi connectivity index (χ2n) is 8.26. The number of likely N-dealkylation sites (tertiary alicyclic amines) is 1. The van der Waals surface area contributed by atoms with Crippen LogP contribution in [0.25, 0.3) is 0 Å². The molecule has 6 nitrogen and oxygen atoms in total. The third-order valence-corrected chi connectivity index (χ3v) is 5.16. The monoisotopic (exact) mass is 436 g/mol. The van der Waals surface area contributed by atoms with E-state index in [2.05, 4.69) is 10.6 Å². The van der Waals surface area contributed by atoms with Crippen molar-refractivity contribution < 1.29 is 23.1 Å². The summed E-state index contributed by atoms with van der Waals surface area (Å²) in [6.07, 6.45) is 0. The smallest absolute Gasteiger partial charge is 0.256 e. The van der Waals surface area contributed by atoms with Crippen LogP contribution in [-0.2, 0) is 0 Å². The maximum absolute atomic E-state index is 14.5. The molecule has 1 aliphatic rings. The summed E-state index contributed by atoms with van der Waals surface area (Å²) in [5.41, 5.74) is -1.07. The molecule has 1 amide bonds. The number of nitrogens with zero attached hydrogens (tertiary/aromatic N) is 2. The molecule has 2 aromatic rings. The summed E-state index contributed by atoms with van der Waals surface area (Å²) in [5, 5.41) is 16.2. The summed E-state index contributed by atoms with van der Waals surface area (Å²) in [7, 11) is 3.88. The Hall–Kier alpha value is -2.62. The number of likely N-dealkylation sites (N-methyl/N-ethyl adjacent to an activating group) is 1. The molecule has 0 radical (unpaired) electrons. The van der Waals surface area contributed by atoms with E-state index in [0.717, 1.165) is 18.7 Å². The van der Waals surface area contributed by atoms with Gasteiger partial charge in [0.2, 0.25) is 0 Å². The molecule has 0 unspecified atom stereocenters. The van der Waals surface area contributed by atoms with Gasteiger partial charge in [0.05, 0.1) is 30.0 Å². The third-order valence-electron chi connectivity index (χ3n) is 5.16. The number of nitrogens with one attached hydrogen (secondary N) is 2. The second-order valence-corrected chi connectivity index (χ2v) is 8.26. The van der Waals surface area contributed by atoms with Crippen molar-refractivity contribution in [2.24, 2.45) is 0 Å². The first kappa shape index (κ1) is 23.1. The predicted molar refractivity (Wildman–Crippen MR) is 113 cm³/mol. The summed E-state index contributed by atoms with van der Waals surface area (Å²) < 4.78 is 42.6. The number of aryl methyl sites for hydroxylation is 1. The molecule has 0 saturated carbocycles. The van der Waals surface area contributed by atoms with Crippen molar-refractivity contribution in [1.82, 2.24) is 15.1 Å². The Kier molecular flexibility index (Phi) is 6.88. The first-order valence-electron chi connectivity index (χ1n) is 9.98. The van der Waals surface area contributed by atoms with Gasteiger partial charge in [-0.1, -0.05) is 6.07 Å². The Morgan fingerprint density at radius 3 is 2.52 bits per heavy atom. The van der Waals surface area contributed by atoms with Gasteiger partial charge in [-0.15, -0.1) is 0 Å². The molecule has 3 N–H and O–H groups in total. The molecule has 1 saturated heterocycles. The molecule has 0 bridgehead atoms. The van der Waals surface area contributed by atoms with Crippen LogP contribution >= 0.6 is 0 Å². The highest BCUT2D eigenvalue weighted by molar-refractivity contribution is 6.01. The van der Waals surface area contributed by atoms with E-state index >= 15 is 0 Å². The number of carbonyl (C=O) groups excluding carboxylic acids is 1. The molecule has 3 rings (SSSR count). The number of β-amino-alcohol motifs (C(OH)–C–C–N with tert-alkyl or cyclic N) is 1. The van der Waals surface area contributed by atoms with Crippen LogP contribution in [0.2, 0.25) is 0 Å². The average molecular weight is 436 g/mol. The Balaban J connectivity index is 1.73. The number of amides is 1. The topological polar surface area (TPSA) is 67.8 Å². The minimum absolute atomic E-state index is 0.0537. The minimum Gasteiger partial charge on any atom is -0.385 e. The van der Waals surface area contributed by atoms with Crippen LogP contribution in [0.1, 0.15) is 15.9 Å². The maximum atomic E-state index is 14.5. The van der Waals surface area contributed by atoms with Crippen molar-refractivity contribution in [3.8, 4) is 0 Å². The number of benzene rings is 2. The van der Waals surface area contributed by atoms with Crippen molar-refractivity contribution >= 4 is 17.3 Å². The Labute approximate surface area is 179 Å². The van der Waals surface area contributed by atoms with Gasteiger partial charge in [0.25, 0.3) is 5.91 Å². The highest BCUT2D eigenvalue weighted by Gasteiger charge is 2.44. The summed E-state index contributed by atoms with van der Waals surface area (Å²) >= 11 is 0. The zero-order chi connectivity index (χ0) is 22.8. The molecule has 0 atom stereocenters. The number of hydrogen-bond donors (Lipinski definition) is 3. The zero-order valence-electron chi connectivity index (χ0n) is 17.8. The third kappa shape index (κ3) is 5.36. The summed E-state index contributed by atoms with van der Waals surface area (Å²) in [4.78, 5) is 16.3. The number of anilines is 2. The lowest BCUT2D eigenvalue weighted by Crippen LogP contribution is -2.67. The van der Waals surface area contributed by atoms with Gasteiger partial charge in [0.15, 0.2) is 11.6 Å². The Bertz CT molecular complexity index is 962. The van der Waals surface area contributed by atoms with Crippen molar-refractivity contribution in [3.63, 3.8) is 0 Å². The van der Waals surface area contributed by atoms with E-state index < -0.39 is 34.6 Å². The molecular formula is C22H27F3N4O2. The van der Waals surface area contributed by atoms with Crippen LogP contribution in [0.15, 0.2) is 30.3 Å². The van der Waals surface area contributed by atoms with Gasteiger partial charge < -0.3 is 25.5 Å². The van der Waals surface area contributed by atoms with E-state index in [0.29, 0.717) is 18.7 Å². The van der Waals surface area contributed by atoms with Gasteiger partial charge in [0, 0.05) is 19.6 Å². The van der Waals surface area contributed by atoms with Gasteiger partial charge in [-0.05, 0) is 50.8 Å². The summed E-state index contributed by atoms with van der Waals surface area (Å²) in [5.74, 6) is -3.65. The molecule has 0 spiro atoms. The maximum Gasteiger partial charge on any atom is 0.256 e. The zero-order valence-corrected chi connectivity index (χ0v) is 17.8. The van der Waals surface area contributed by atoms with Crippen molar-refractivity contribution in [1.29, 1.82) is 0 Å². The molecule has 1 fully saturated rings. The van der Waals surface area contributed by atoms with E-state index in [9.17, 15) is 23.1 Å². The molecule has 0 aromatic heterocycles. The van der Waals surface area contributed by atoms with Crippen LogP contribution in [-0.4, -0.2) is 73.2 Å². The van der Waals surface area contributed by atoms with Crippen LogP contribution < -0.4 is 10.6 Å². The molecular weight excluding hydrogens is 409 g/mol. The van der Waals surface area contributed by atoms with Gasteiger partial charge in [-0.25, -0.2) is 13.2 Å². The number of hydrogen-bond acceptors (Lipinski definition) is 5. The SMILES string of the molecule is Cc1ccc(Nc2c(C(=O)N3CC(O)(CNCCN(C)C)C3)ccc(F)c2F)c(F)c1. The molecule has 31 heavy (non-hydrogen) atoms. The standard InChI is InChI=1S/C22H27F3N4O2/c1-14-4-7-18(17(24)10-14)27-20-15(5-6-16(23)19(20)25)21(30)29-12-22(31,13-29)11-26-8-9-28(2)3/h4-7,10,26-27,31H,8-9,11-13H2,1-3H3. The number of aliphatic hydroxyl groups is 1. The normalized spacial score (nSPS) is 15.2. The van der Waals surface area contributed by atoms with Crippen LogP contribution in [0.5, 0.6) is 0 Å². The molecule has 9 heteroatoms. The lowest BCUT2D eigenvalue weighted by atomic mass is 9.92. The first-order chi connectivity index (χ1) is 14.6. The quantitative estimate of drug-likeness (QED) is 0.555. The lowest BCUT2D eigenvalue weighted by Gasteiger charge is -2.46. The Morgan fingerprint density at radius 1 is 1.16 bits per heavy atom. The van der Waals surface area contributed by atoms with Gasteiger partial charge in [0.1, 0.15) is 11.4 Å². The minimum atomic E-state index is -1.27. The first-order valence-corrected chi connectivity index (χ1v) is 9.98. The number of rotatable bonds is 8. The van der Waals surface area contributed by atoms with Gasteiger partial charge in [-0.3, -0.25) is 4.79 Å². The molecule has 0 aliphatic carbocycles. The molecule has 1 heterocycles. The highest BCUT2D eigenvalue weighted by atomic mass is 19.2. The molecule has 168 valence electrons. The fraction of sp³-hybridized carbons (Fsp3) is 0.409. The van der Waals surface area contributed by atoms with Crippen LogP contribution in [0.4, 0.5) is 24.5 Å². The molecule has 2 aromatic carbocycles.